The van der Waals surface area contributed by atoms with Crippen molar-refractivity contribution in [3.8, 4) is 0 Å². The van der Waals surface area contributed by atoms with Crippen molar-refractivity contribution < 1.29 is 4.84 Å². The fraction of sp³-hybridized carbons (Fsp3) is 0.900. The molecule has 80 valence electrons. The lowest BCUT2D eigenvalue weighted by Crippen LogP contribution is -2.22. The van der Waals surface area contributed by atoms with Crippen LogP contribution in [0.3, 0.4) is 0 Å². The first-order valence-electron chi connectivity index (χ1n) is 5.13. The molecule has 3 rings (SSSR count). The second kappa shape index (κ2) is 3.11. The van der Waals surface area contributed by atoms with Crippen LogP contribution < -0.4 is 5.32 Å². The quantitative estimate of drug-likeness (QED) is 0.720. The molecule has 2 fully saturated rings. The van der Waals surface area contributed by atoms with Gasteiger partial charge >= 0.3 is 0 Å². The summed E-state index contributed by atoms with van der Waals surface area (Å²) >= 11 is 0. The minimum atomic E-state index is -0.0420. The molecule has 0 aromatic heterocycles. The van der Waals surface area contributed by atoms with Crippen molar-refractivity contribution in [1.29, 1.82) is 0 Å². The number of hydrogen-bond acceptors (Lipinski definition) is 3. The van der Waals surface area contributed by atoms with E-state index in [2.05, 4.69) is 24.3 Å². The summed E-state index contributed by atoms with van der Waals surface area (Å²) in [5.74, 6) is 2.50. The average molecular weight is 217 g/mol. The molecule has 0 aromatic rings. The number of oxime groups is 1. The number of hydrogen-bond donors (Lipinski definition) is 1. The SMILES string of the molecule is CC1(C)CC(C2[C@H]3CNC[C@@H]23)=NO1.Cl. The van der Waals surface area contributed by atoms with Gasteiger partial charge in [0.2, 0.25) is 0 Å². The zero-order valence-electron chi connectivity index (χ0n) is 8.62. The number of halogens is 1. The van der Waals surface area contributed by atoms with E-state index in [1.807, 2.05) is 0 Å². The number of nitrogens with one attached hydrogen (secondary N) is 1. The molecule has 0 aromatic carbocycles. The highest BCUT2D eigenvalue weighted by molar-refractivity contribution is 5.91. The molecule has 1 saturated heterocycles. The predicted molar refractivity (Wildman–Crippen MR) is 57.8 cm³/mol. The maximum absolute atomic E-state index is 5.39. The number of fused-ring (bicyclic) bond motifs is 1. The van der Waals surface area contributed by atoms with E-state index >= 15 is 0 Å². The highest BCUT2D eigenvalue weighted by Gasteiger charge is 2.57. The van der Waals surface area contributed by atoms with E-state index in [0.717, 1.165) is 24.2 Å². The standard InChI is InChI=1S/C10H16N2O.ClH/c1-10(2)3-8(12-13-10)9-6-4-11-5-7(6)9;/h6-7,9,11H,3-5H2,1-2H3;1H/t6-,7+,9?;. The van der Waals surface area contributed by atoms with Gasteiger partial charge in [0.1, 0.15) is 5.60 Å². The fourth-order valence-corrected chi connectivity index (χ4v) is 2.77. The van der Waals surface area contributed by atoms with Gasteiger partial charge in [-0.1, -0.05) is 5.16 Å². The largest absolute Gasteiger partial charge is 0.389 e. The Bertz CT molecular complexity index is 267. The number of rotatable bonds is 1. The Morgan fingerprint density at radius 1 is 1.36 bits per heavy atom. The van der Waals surface area contributed by atoms with E-state index in [0.29, 0.717) is 0 Å². The van der Waals surface area contributed by atoms with Crippen LogP contribution >= 0.6 is 12.4 Å². The smallest absolute Gasteiger partial charge is 0.137 e. The van der Waals surface area contributed by atoms with Gasteiger partial charge in [-0.3, -0.25) is 0 Å². The van der Waals surface area contributed by atoms with Crippen molar-refractivity contribution in [3.05, 3.63) is 0 Å². The van der Waals surface area contributed by atoms with Gasteiger partial charge < -0.3 is 10.2 Å². The second-order valence-corrected chi connectivity index (χ2v) is 5.12. The molecule has 2 aliphatic heterocycles. The summed E-state index contributed by atoms with van der Waals surface area (Å²) in [7, 11) is 0. The fourth-order valence-electron chi connectivity index (χ4n) is 2.77. The lowest BCUT2D eigenvalue weighted by molar-refractivity contribution is 0.0123. The highest BCUT2D eigenvalue weighted by Crippen LogP contribution is 2.51. The van der Waals surface area contributed by atoms with Crippen LogP contribution in [0.4, 0.5) is 0 Å². The normalized spacial score (nSPS) is 42.1. The van der Waals surface area contributed by atoms with E-state index in [1.54, 1.807) is 0 Å². The Kier molecular flexibility index (Phi) is 2.27. The van der Waals surface area contributed by atoms with E-state index in [9.17, 15) is 0 Å². The van der Waals surface area contributed by atoms with Crippen molar-refractivity contribution in [2.45, 2.75) is 25.9 Å². The van der Waals surface area contributed by atoms with Crippen LogP contribution in [-0.2, 0) is 4.84 Å². The van der Waals surface area contributed by atoms with Gasteiger partial charge in [-0.15, -0.1) is 12.4 Å². The van der Waals surface area contributed by atoms with Gasteiger partial charge in [0, 0.05) is 12.3 Å². The zero-order chi connectivity index (χ0) is 9.05. The molecule has 1 N–H and O–H groups in total. The number of nitrogens with zero attached hydrogens (tertiary/aromatic N) is 1. The van der Waals surface area contributed by atoms with Gasteiger partial charge in [0.05, 0.1) is 5.71 Å². The number of piperidine rings is 1. The first kappa shape index (κ1) is 10.2. The van der Waals surface area contributed by atoms with Crippen LogP contribution in [0.5, 0.6) is 0 Å². The van der Waals surface area contributed by atoms with Crippen LogP contribution in [0.15, 0.2) is 5.16 Å². The third-order valence-electron chi connectivity index (χ3n) is 3.49. The lowest BCUT2D eigenvalue weighted by atomic mass is 9.98. The van der Waals surface area contributed by atoms with Gasteiger partial charge in [0.25, 0.3) is 0 Å². The van der Waals surface area contributed by atoms with Crippen LogP contribution in [0.25, 0.3) is 0 Å². The Balaban J connectivity index is 0.000000750. The minimum Gasteiger partial charge on any atom is -0.389 e. The van der Waals surface area contributed by atoms with Crippen LogP contribution in [0.2, 0.25) is 0 Å². The van der Waals surface area contributed by atoms with Crippen molar-refractivity contribution in [1.82, 2.24) is 5.32 Å². The molecular formula is C10H17ClN2O. The molecular weight excluding hydrogens is 200 g/mol. The van der Waals surface area contributed by atoms with Crippen molar-refractivity contribution in [3.63, 3.8) is 0 Å². The van der Waals surface area contributed by atoms with Crippen LogP contribution in [0, 0.1) is 17.8 Å². The summed E-state index contributed by atoms with van der Waals surface area (Å²) in [5, 5.41) is 7.62. The highest BCUT2D eigenvalue weighted by atomic mass is 35.5. The Morgan fingerprint density at radius 3 is 2.50 bits per heavy atom. The van der Waals surface area contributed by atoms with E-state index in [1.165, 1.54) is 18.8 Å². The van der Waals surface area contributed by atoms with Crippen LogP contribution in [-0.4, -0.2) is 24.4 Å². The molecule has 14 heavy (non-hydrogen) atoms. The summed E-state index contributed by atoms with van der Waals surface area (Å²) in [6, 6.07) is 0. The predicted octanol–water partition coefficient (Wildman–Crippen LogP) is 1.43. The second-order valence-electron chi connectivity index (χ2n) is 5.12. The third kappa shape index (κ3) is 1.43. The summed E-state index contributed by atoms with van der Waals surface area (Å²) in [6.45, 7) is 6.60. The maximum Gasteiger partial charge on any atom is 0.137 e. The van der Waals surface area contributed by atoms with Crippen molar-refractivity contribution >= 4 is 18.1 Å². The minimum absolute atomic E-state index is 0. The van der Waals surface area contributed by atoms with E-state index in [4.69, 9.17) is 4.84 Å². The molecule has 0 amide bonds. The van der Waals surface area contributed by atoms with Gasteiger partial charge in [-0.2, -0.15) is 0 Å². The topological polar surface area (TPSA) is 33.6 Å². The van der Waals surface area contributed by atoms with Gasteiger partial charge in [-0.25, -0.2) is 0 Å². The molecule has 3 atom stereocenters. The molecule has 0 spiro atoms. The third-order valence-corrected chi connectivity index (χ3v) is 3.49. The average Bonchev–Trinajstić information content (AvgIpc) is 2.49. The molecule has 1 aliphatic carbocycles. The summed E-state index contributed by atoms with van der Waals surface area (Å²) in [4.78, 5) is 5.39. The Morgan fingerprint density at radius 2 is 2.00 bits per heavy atom. The van der Waals surface area contributed by atoms with E-state index in [-0.39, 0.29) is 18.0 Å². The lowest BCUT2D eigenvalue weighted by Gasteiger charge is -2.13. The van der Waals surface area contributed by atoms with Crippen molar-refractivity contribution in [2.24, 2.45) is 22.9 Å². The molecule has 1 unspecified atom stereocenters. The van der Waals surface area contributed by atoms with Gasteiger partial charge in [-0.05, 0) is 38.8 Å². The van der Waals surface area contributed by atoms with Crippen molar-refractivity contribution in [2.75, 3.05) is 13.1 Å². The first-order valence-corrected chi connectivity index (χ1v) is 5.13. The molecule has 3 nitrogen and oxygen atoms in total. The zero-order valence-corrected chi connectivity index (χ0v) is 9.43. The summed E-state index contributed by atoms with van der Waals surface area (Å²) in [5.41, 5.74) is 1.28. The Hall–Kier alpha value is -0.280. The maximum atomic E-state index is 5.39. The summed E-state index contributed by atoms with van der Waals surface area (Å²) in [6.07, 6.45) is 1.03. The van der Waals surface area contributed by atoms with E-state index < -0.39 is 0 Å². The Labute approximate surface area is 90.7 Å². The molecule has 0 bridgehead atoms. The van der Waals surface area contributed by atoms with Gasteiger partial charge in [0.15, 0.2) is 0 Å². The molecule has 2 heterocycles. The first-order chi connectivity index (χ1) is 6.17. The summed E-state index contributed by atoms with van der Waals surface area (Å²) < 4.78 is 0. The molecule has 0 radical (unpaired) electrons. The molecule has 3 aliphatic rings. The molecule has 1 saturated carbocycles. The molecule has 4 heteroatoms. The van der Waals surface area contributed by atoms with Crippen LogP contribution in [0.1, 0.15) is 20.3 Å². The monoisotopic (exact) mass is 216 g/mol.